The topological polar surface area (TPSA) is 93.5 Å². The summed E-state index contributed by atoms with van der Waals surface area (Å²) in [5, 5.41) is 12.6. The number of hydrogen-bond donors (Lipinski definition) is 2. The quantitative estimate of drug-likeness (QED) is 0.303. The molecule has 1 aliphatic rings. The van der Waals surface area contributed by atoms with Gasteiger partial charge in [0.1, 0.15) is 12.4 Å². The molecule has 2 heterocycles. The molecule has 2 N–H and O–H groups in total. The van der Waals surface area contributed by atoms with Gasteiger partial charge >= 0.3 is 5.97 Å². The zero-order valence-corrected chi connectivity index (χ0v) is 21.0. The van der Waals surface area contributed by atoms with Crippen molar-refractivity contribution in [3.8, 4) is 5.75 Å². The van der Waals surface area contributed by atoms with E-state index in [9.17, 15) is 14.7 Å². The van der Waals surface area contributed by atoms with Crippen LogP contribution in [0.25, 0.3) is 16.6 Å². The summed E-state index contributed by atoms with van der Waals surface area (Å²) in [5.74, 6) is -0.513. The number of rotatable bonds is 6. The van der Waals surface area contributed by atoms with Crippen LogP contribution in [0.5, 0.6) is 5.75 Å². The average Bonchev–Trinajstić information content (AvgIpc) is 3.30. The van der Waals surface area contributed by atoms with Gasteiger partial charge in [-0.15, -0.1) is 0 Å². The lowest BCUT2D eigenvalue weighted by molar-refractivity contribution is 0.0696. The number of carboxylic acids is 1. The van der Waals surface area contributed by atoms with Crippen LogP contribution in [0.3, 0.4) is 0 Å². The van der Waals surface area contributed by atoms with Crippen molar-refractivity contribution in [2.75, 3.05) is 0 Å². The zero-order chi connectivity index (χ0) is 26.8. The van der Waals surface area contributed by atoms with E-state index in [1.54, 1.807) is 30.6 Å². The number of amides is 1. The van der Waals surface area contributed by atoms with Gasteiger partial charge in [0.05, 0.1) is 22.9 Å². The number of benzene rings is 4. The van der Waals surface area contributed by atoms with E-state index in [1.807, 2.05) is 71.3 Å². The number of hydrogen-bond acceptors (Lipinski definition) is 4. The summed E-state index contributed by atoms with van der Waals surface area (Å²) in [7, 11) is 0. The first kappa shape index (κ1) is 24.2. The molecule has 0 fully saturated rings. The molecule has 6 rings (SSSR count). The number of carbonyl (C=O) groups excluding carboxylic acids is 1. The second-order valence-corrected chi connectivity index (χ2v) is 9.35. The Morgan fingerprint density at radius 3 is 2.56 bits per heavy atom. The van der Waals surface area contributed by atoms with Crippen LogP contribution in [-0.4, -0.2) is 26.5 Å². The summed E-state index contributed by atoms with van der Waals surface area (Å²) >= 11 is 0. The second-order valence-electron chi connectivity index (χ2n) is 9.35. The van der Waals surface area contributed by atoms with Crippen LogP contribution in [0.15, 0.2) is 103 Å². The van der Waals surface area contributed by atoms with Gasteiger partial charge in [-0.25, -0.2) is 9.78 Å². The van der Waals surface area contributed by atoms with E-state index in [0.717, 1.165) is 38.9 Å². The standard InChI is InChI=1S/C32H25N3O4/c36-31(33-18-21-6-2-1-3-7-21)22-10-12-28-29(17-22)35(20-34-28)15-14-26-25-9-5-4-8-24(25)19-39-30-13-11-23(32(37)38)16-27(26)30/h1-14,16-17,20H,15,18-19H2,(H,33,36)(H,37,38). The van der Waals surface area contributed by atoms with E-state index in [1.165, 1.54) is 0 Å². The number of fused-ring (bicyclic) bond motifs is 3. The fourth-order valence-electron chi connectivity index (χ4n) is 4.84. The molecule has 0 bridgehead atoms. The van der Waals surface area contributed by atoms with Gasteiger partial charge < -0.3 is 19.7 Å². The van der Waals surface area contributed by atoms with E-state index in [4.69, 9.17) is 4.74 Å². The van der Waals surface area contributed by atoms with E-state index >= 15 is 0 Å². The summed E-state index contributed by atoms with van der Waals surface area (Å²) in [6.07, 6.45) is 3.81. The molecule has 0 saturated carbocycles. The number of allylic oxidation sites excluding steroid dienone is 1. The first-order valence-electron chi connectivity index (χ1n) is 12.6. The Balaban J connectivity index is 1.34. The molecule has 5 aromatic rings. The summed E-state index contributed by atoms with van der Waals surface area (Å²) in [6.45, 7) is 1.30. The highest BCUT2D eigenvalue weighted by Gasteiger charge is 2.21. The smallest absolute Gasteiger partial charge is 0.335 e. The second kappa shape index (κ2) is 10.3. The number of nitrogens with zero attached hydrogens (tertiary/aromatic N) is 2. The van der Waals surface area contributed by atoms with Crippen molar-refractivity contribution >= 4 is 28.5 Å². The first-order chi connectivity index (χ1) is 19.1. The fraction of sp³-hybridized carbons (Fsp3) is 0.0938. The largest absolute Gasteiger partial charge is 0.488 e. The Hall–Kier alpha value is -5.17. The highest BCUT2D eigenvalue weighted by atomic mass is 16.5. The van der Waals surface area contributed by atoms with Crippen LogP contribution in [-0.2, 0) is 19.7 Å². The lowest BCUT2D eigenvalue weighted by Gasteiger charge is -2.12. The Kier molecular flexibility index (Phi) is 6.39. The monoisotopic (exact) mass is 515 g/mol. The third-order valence-corrected chi connectivity index (χ3v) is 6.88. The molecular formula is C32H25N3O4. The van der Waals surface area contributed by atoms with Crippen molar-refractivity contribution in [3.05, 3.63) is 137 Å². The van der Waals surface area contributed by atoms with Crippen molar-refractivity contribution in [2.24, 2.45) is 0 Å². The number of imidazole rings is 1. The van der Waals surface area contributed by atoms with Crippen LogP contribution in [0.2, 0.25) is 0 Å². The number of carboxylic acid groups (broad SMARTS) is 1. The van der Waals surface area contributed by atoms with Crippen LogP contribution in [0.4, 0.5) is 0 Å². The fourth-order valence-corrected chi connectivity index (χ4v) is 4.84. The zero-order valence-electron chi connectivity index (χ0n) is 21.0. The van der Waals surface area contributed by atoms with Crippen LogP contribution >= 0.6 is 0 Å². The maximum absolute atomic E-state index is 12.9. The minimum atomic E-state index is -0.992. The Morgan fingerprint density at radius 2 is 1.72 bits per heavy atom. The predicted molar refractivity (Wildman–Crippen MR) is 149 cm³/mol. The molecule has 1 aromatic heterocycles. The van der Waals surface area contributed by atoms with Gasteiger partial charge in [-0.05, 0) is 58.7 Å². The normalized spacial score (nSPS) is 13.3. The maximum Gasteiger partial charge on any atom is 0.335 e. The summed E-state index contributed by atoms with van der Waals surface area (Å²) < 4.78 is 8.02. The molecule has 0 spiro atoms. The number of nitrogens with one attached hydrogen (secondary N) is 1. The van der Waals surface area contributed by atoms with E-state index in [0.29, 0.717) is 31.0 Å². The maximum atomic E-state index is 12.9. The van der Waals surface area contributed by atoms with Gasteiger partial charge in [-0.1, -0.05) is 60.7 Å². The molecule has 192 valence electrons. The van der Waals surface area contributed by atoms with E-state index in [2.05, 4.69) is 16.4 Å². The molecule has 0 saturated heterocycles. The number of carbonyl (C=O) groups is 2. The summed E-state index contributed by atoms with van der Waals surface area (Å²) in [4.78, 5) is 29.1. The van der Waals surface area contributed by atoms with Gasteiger partial charge in [0.25, 0.3) is 5.91 Å². The van der Waals surface area contributed by atoms with E-state index in [-0.39, 0.29) is 11.5 Å². The molecule has 1 amide bonds. The predicted octanol–water partition coefficient (Wildman–Crippen LogP) is 5.69. The molecule has 0 unspecified atom stereocenters. The lowest BCUT2D eigenvalue weighted by atomic mass is 9.93. The number of ether oxygens (including phenoxy) is 1. The van der Waals surface area contributed by atoms with Crippen LogP contribution < -0.4 is 10.1 Å². The Bertz CT molecular complexity index is 1740. The lowest BCUT2D eigenvalue weighted by Crippen LogP contribution is -2.22. The Labute approximate surface area is 225 Å². The number of aromatic carboxylic acids is 1. The molecule has 7 nitrogen and oxygen atoms in total. The molecule has 1 aliphatic heterocycles. The van der Waals surface area contributed by atoms with E-state index < -0.39 is 5.97 Å². The minimum absolute atomic E-state index is 0.156. The minimum Gasteiger partial charge on any atom is -0.488 e. The van der Waals surface area contributed by atoms with Gasteiger partial charge in [0.15, 0.2) is 0 Å². The molecule has 7 heteroatoms. The van der Waals surface area contributed by atoms with Gasteiger partial charge in [-0.2, -0.15) is 0 Å². The molecule has 4 aromatic carbocycles. The summed E-state index contributed by atoms with van der Waals surface area (Å²) in [5.41, 5.74) is 7.02. The SMILES string of the molecule is O=C(O)c1ccc2c(c1)C(=CCn1cnc3ccc(C(=O)NCc4ccccc4)cc31)c1ccccc1CO2. The van der Waals surface area contributed by atoms with Gasteiger partial charge in [0, 0.05) is 24.2 Å². The molecule has 0 atom stereocenters. The molecule has 39 heavy (non-hydrogen) atoms. The van der Waals surface area contributed by atoms with Gasteiger partial charge in [0.2, 0.25) is 0 Å². The van der Waals surface area contributed by atoms with Crippen molar-refractivity contribution in [2.45, 2.75) is 19.7 Å². The van der Waals surface area contributed by atoms with Crippen molar-refractivity contribution in [1.29, 1.82) is 0 Å². The van der Waals surface area contributed by atoms with Crippen LogP contribution in [0.1, 0.15) is 43.0 Å². The number of aromatic nitrogens is 2. The van der Waals surface area contributed by atoms with Crippen LogP contribution in [0, 0.1) is 0 Å². The molecular weight excluding hydrogens is 490 g/mol. The van der Waals surface area contributed by atoms with Crippen molar-refractivity contribution < 1.29 is 19.4 Å². The summed E-state index contributed by atoms with van der Waals surface area (Å²) in [6, 6.07) is 28.1. The average molecular weight is 516 g/mol. The van der Waals surface area contributed by atoms with Crippen molar-refractivity contribution in [1.82, 2.24) is 14.9 Å². The third-order valence-electron chi connectivity index (χ3n) is 6.88. The molecule has 0 aliphatic carbocycles. The third kappa shape index (κ3) is 4.90. The van der Waals surface area contributed by atoms with Crippen molar-refractivity contribution in [3.63, 3.8) is 0 Å². The molecule has 0 radical (unpaired) electrons. The Morgan fingerprint density at radius 1 is 0.923 bits per heavy atom. The highest BCUT2D eigenvalue weighted by molar-refractivity contribution is 5.97. The van der Waals surface area contributed by atoms with Gasteiger partial charge in [-0.3, -0.25) is 4.79 Å². The highest BCUT2D eigenvalue weighted by Crippen LogP contribution is 2.37. The first-order valence-corrected chi connectivity index (χ1v) is 12.6.